The van der Waals surface area contributed by atoms with Crippen LogP contribution in [0.25, 0.3) is 0 Å². The molecule has 2 aromatic rings. The van der Waals surface area contributed by atoms with Crippen LogP contribution >= 0.6 is 11.6 Å². The van der Waals surface area contributed by atoms with Crippen molar-refractivity contribution in [1.29, 1.82) is 0 Å². The van der Waals surface area contributed by atoms with Gasteiger partial charge in [0.05, 0.1) is 19.3 Å². The second-order valence-corrected chi connectivity index (χ2v) is 7.24. The molecule has 3 rings (SSSR count). The molecular weight excluding hydrogens is 396 g/mol. The lowest BCUT2D eigenvalue weighted by Crippen LogP contribution is -2.34. The van der Waals surface area contributed by atoms with Crippen LogP contribution in [-0.2, 0) is 0 Å². The van der Waals surface area contributed by atoms with Crippen molar-refractivity contribution in [1.82, 2.24) is 14.8 Å². The maximum absolute atomic E-state index is 12.6. The molecule has 1 atom stereocenters. The van der Waals surface area contributed by atoms with Gasteiger partial charge in [-0.1, -0.05) is 11.6 Å². The third-order valence-electron chi connectivity index (χ3n) is 4.52. The summed E-state index contributed by atoms with van der Waals surface area (Å²) in [6.45, 7) is 0.893. The number of carbonyl (C=O) groups is 2. The quantitative estimate of drug-likeness (QED) is 0.806. The summed E-state index contributed by atoms with van der Waals surface area (Å²) in [5.41, 5.74) is 0.891. The van der Waals surface area contributed by atoms with E-state index in [2.05, 4.69) is 10.3 Å². The minimum atomic E-state index is -0.276. The third-order valence-corrected chi connectivity index (χ3v) is 4.76. The molecule has 0 spiro atoms. The van der Waals surface area contributed by atoms with Crippen molar-refractivity contribution >= 4 is 29.2 Å². The molecule has 154 valence electrons. The van der Waals surface area contributed by atoms with Crippen LogP contribution in [0.3, 0.4) is 0 Å². The number of rotatable bonds is 5. The molecule has 0 saturated carbocycles. The van der Waals surface area contributed by atoms with E-state index in [0.717, 1.165) is 0 Å². The van der Waals surface area contributed by atoms with Crippen molar-refractivity contribution in [3.05, 3.63) is 47.1 Å². The van der Waals surface area contributed by atoms with Crippen molar-refractivity contribution in [3.63, 3.8) is 0 Å². The molecule has 1 unspecified atom stereocenters. The summed E-state index contributed by atoms with van der Waals surface area (Å²) >= 11 is 6.01. The van der Waals surface area contributed by atoms with Crippen LogP contribution in [0.5, 0.6) is 11.6 Å². The summed E-state index contributed by atoms with van der Waals surface area (Å²) in [6.07, 6.45) is 1.95. The van der Waals surface area contributed by atoms with E-state index in [1.165, 1.54) is 12.0 Å². The fourth-order valence-corrected chi connectivity index (χ4v) is 3.20. The summed E-state index contributed by atoms with van der Waals surface area (Å²) in [5, 5.41) is 3.32. The van der Waals surface area contributed by atoms with Crippen molar-refractivity contribution in [2.75, 3.05) is 39.6 Å². The maximum Gasteiger partial charge on any atom is 0.322 e. The molecule has 1 aromatic carbocycles. The molecular formula is C20H23ClN4O4. The molecule has 0 aliphatic carbocycles. The minimum absolute atomic E-state index is 0.186. The fraction of sp³-hybridized carbons (Fsp3) is 0.350. The largest absolute Gasteiger partial charge is 0.495 e. The standard InChI is InChI=1S/C20H23ClN4O4/c1-24(2)19(26)15-5-4-9-22-18(15)29-14-8-10-25(12-14)20(27)23-16-11-13(21)6-7-17(16)28-3/h4-7,9,11,14H,8,10,12H2,1-3H3,(H,23,27). The van der Waals surface area contributed by atoms with Gasteiger partial charge in [-0.15, -0.1) is 0 Å². The monoisotopic (exact) mass is 418 g/mol. The molecule has 1 aliphatic heterocycles. The van der Waals surface area contributed by atoms with Gasteiger partial charge < -0.3 is 24.6 Å². The number of hydrogen-bond acceptors (Lipinski definition) is 5. The second-order valence-electron chi connectivity index (χ2n) is 6.81. The molecule has 9 heteroatoms. The molecule has 1 saturated heterocycles. The summed E-state index contributed by atoms with van der Waals surface area (Å²) in [4.78, 5) is 32.3. The number of ether oxygens (including phenoxy) is 2. The van der Waals surface area contributed by atoms with E-state index in [1.807, 2.05) is 0 Å². The number of aromatic nitrogens is 1. The summed E-state index contributed by atoms with van der Waals surface area (Å²) in [6, 6.07) is 8.11. The molecule has 0 radical (unpaired) electrons. The number of pyridine rings is 1. The number of nitrogens with zero attached hydrogens (tertiary/aromatic N) is 3. The Bertz CT molecular complexity index is 906. The van der Waals surface area contributed by atoms with Crippen LogP contribution in [0.2, 0.25) is 5.02 Å². The Balaban J connectivity index is 1.65. The number of likely N-dealkylation sites (tertiary alicyclic amines) is 1. The number of urea groups is 1. The Morgan fingerprint density at radius 1 is 1.31 bits per heavy atom. The Labute approximate surface area is 174 Å². The molecule has 29 heavy (non-hydrogen) atoms. The van der Waals surface area contributed by atoms with Gasteiger partial charge in [0.2, 0.25) is 5.88 Å². The highest BCUT2D eigenvalue weighted by atomic mass is 35.5. The van der Waals surface area contributed by atoms with Gasteiger partial charge in [-0.05, 0) is 30.3 Å². The third kappa shape index (κ3) is 4.89. The molecule has 1 fully saturated rings. The first-order valence-corrected chi connectivity index (χ1v) is 9.49. The predicted molar refractivity (Wildman–Crippen MR) is 110 cm³/mol. The Hall–Kier alpha value is -3.00. The zero-order valence-electron chi connectivity index (χ0n) is 16.5. The molecule has 3 amide bonds. The zero-order chi connectivity index (χ0) is 21.0. The lowest BCUT2D eigenvalue weighted by molar-refractivity contribution is 0.0818. The molecule has 1 aromatic heterocycles. The topological polar surface area (TPSA) is 84.0 Å². The molecule has 1 aliphatic rings. The fourth-order valence-electron chi connectivity index (χ4n) is 3.03. The average molecular weight is 419 g/mol. The van der Waals surface area contributed by atoms with E-state index in [-0.39, 0.29) is 23.9 Å². The van der Waals surface area contributed by atoms with Crippen molar-refractivity contribution in [2.24, 2.45) is 0 Å². The van der Waals surface area contributed by atoms with E-state index < -0.39 is 0 Å². The van der Waals surface area contributed by atoms with Gasteiger partial charge in [0.1, 0.15) is 17.4 Å². The molecule has 2 heterocycles. The highest BCUT2D eigenvalue weighted by Crippen LogP contribution is 2.28. The first-order valence-electron chi connectivity index (χ1n) is 9.12. The van der Waals surface area contributed by atoms with E-state index in [4.69, 9.17) is 21.1 Å². The van der Waals surface area contributed by atoms with Gasteiger partial charge >= 0.3 is 6.03 Å². The number of methoxy groups -OCH3 is 1. The number of anilines is 1. The Morgan fingerprint density at radius 3 is 2.83 bits per heavy atom. The van der Waals surface area contributed by atoms with Gasteiger partial charge in [-0.2, -0.15) is 0 Å². The highest BCUT2D eigenvalue weighted by molar-refractivity contribution is 6.31. The van der Waals surface area contributed by atoms with Crippen LogP contribution in [0, 0.1) is 0 Å². The smallest absolute Gasteiger partial charge is 0.322 e. The first kappa shape index (κ1) is 20.7. The molecule has 0 bridgehead atoms. The number of amides is 3. The number of carbonyl (C=O) groups excluding carboxylic acids is 2. The number of benzene rings is 1. The van der Waals surface area contributed by atoms with Crippen LogP contribution in [0.4, 0.5) is 10.5 Å². The average Bonchev–Trinajstić information content (AvgIpc) is 3.16. The first-order chi connectivity index (χ1) is 13.9. The maximum atomic E-state index is 12.6. The van der Waals surface area contributed by atoms with Crippen molar-refractivity contribution < 1.29 is 19.1 Å². The summed E-state index contributed by atoms with van der Waals surface area (Å²) < 4.78 is 11.2. The zero-order valence-corrected chi connectivity index (χ0v) is 17.3. The van der Waals surface area contributed by atoms with Gasteiger partial charge in [-0.25, -0.2) is 9.78 Å². The van der Waals surface area contributed by atoms with E-state index in [0.29, 0.717) is 41.5 Å². The normalized spacial score (nSPS) is 15.7. The van der Waals surface area contributed by atoms with E-state index in [9.17, 15) is 9.59 Å². The van der Waals surface area contributed by atoms with Crippen LogP contribution in [0.15, 0.2) is 36.5 Å². The van der Waals surface area contributed by atoms with Crippen LogP contribution in [-0.4, -0.2) is 67.1 Å². The lowest BCUT2D eigenvalue weighted by atomic mass is 10.2. The molecule has 8 nitrogen and oxygen atoms in total. The number of nitrogens with one attached hydrogen (secondary N) is 1. The van der Waals surface area contributed by atoms with Gasteiger partial charge in [0.25, 0.3) is 5.91 Å². The van der Waals surface area contributed by atoms with Gasteiger partial charge in [-0.3, -0.25) is 4.79 Å². The number of halogens is 1. The van der Waals surface area contributed by atoms with Crippen molar-refractivity contribution in [2.45, 2.75) is 12.5 Å². The van der Waals surface area contributed by atoms with Crippen LogP contribution < -0.4 is 14.8 Å². The van der Waals surface area contributed by atoms with Crippen LogP contribution in [0.1, 0.15) is 16.8 Å². The SMILES string of the molecule is COc1ccc(Cl)cc1NC(=O)N1CCC(Oc2ncccc2C(=O)N(C)C)C1. The van der Waals surface area contributed by atoms with Gasteiger partial charge in [0.15, 0.2) is 0 Å². The number of hydrogen-bond donors (Lipinski definition) is 1. The predicted octanol–water partition coefficient (Wildman–Crippen LogP) is 3.13. The minimum Gasteiger partial charge on any atom is -0.495 e. The summed E-state index contributed by atoms with van der Waals surface area (Å²) in [7, 11) is 4.87. The Morgan fingerprint density at radius 2 is 2.10 bits per heavy atom. The second kappa shape index (κ2) is 9.00. The van der Waals surface area contributed by atoms with E-state index >= 15 is 0 Å². The summed E-state index contributed by atoms with van der Waals surface area (Å²) in [5.74, 6) is 0.610. The molecule has 1 N–H and O–H groups in total. The van der Waals surface area contributed by atoms with Crippen molar-refractivity contribution in [3.8, 4) is 11.6 Å². The lowest BCUT2D eigenvalue weighted by Gasteiger charge is -2.19. The van der Waals surface area contributed by atoms with Gasteiger partial charge in [0, 0.05) is 38.3 Å². The van der Waals surface area contributed by atoms with E-state index in [1.54, 1.807) is 55.5 Å². The Kier molecular flexibility index (Phi) is 6.43. The highest BCUT2D eigenvalue weighted by Gasteiger charge is 2.29.